The van der Waals surface area contributed by atoms with E-state index < -0.39 is 0 Å². The van der Waals surface area contributed by atoms with Crippen LogP contribution in [-0.4, -0.2) is 68.7 Å². The van der Waals surface area contributed by atoms with E-state index in [-0.39, 0.29) is 24.0 Å². The number of furan rings is 1. The molecule has 0 amide bonds. The van der Waals surface area contributed by atoms with E-state index in [9.17, 15) is 0 Å². The summed E-state index contributed by atoms with van der Waals surface area (Å²) in [6.07, 6.45) is 2.91. The second-order valence-corrected chi connectivity index (χ2v) is 6.00. The first-order valence-corrected chi connectivity index (χ1v) is 8.13. The number of ether oxygens (including phenoxy) is 1. The molecular formula is C16H27IN4O2. The fraction of sp³-hybridized carbons (Fsp3) is 0.688. The molecule has 1 N–H and O–H groups in total. The first kappa shape index (κ1) is 18.5. The Bertz CT molecular complexity index is 466. The molecule has 1 atom stereocenters. The number of guanidine groups is 1. The maximum absolute atomic E-state index is 5.47. The van der Waals surface area contributed by atoms with E-state index in [1.165, 1.54) is 13.0 Å². The Morgan fingerprint density at radius 1 is 1.35 bits per heavy atom. The molecule has 7 heteroatoms. The standard InChI is InChI=1S/C16H26N4O2.HI/c1-17-16(18-11-15-3-2-9-22-15)20-7-5-19(6-8-20)12-14-4-10-21-13-14;/h2-3,9,14H,4-8,10-13H2,1H3,(H,17,18);1H. The number of halogens is 1. The van der Waals surface area contributed by atoms with Crippen LogP contribution >= 0.6 is 24.0 Å². The van der Waals surface area contributed by atoms with Crippen molar-refractivity contribution >= 4 is 29.9 Å². The number of hydrogen-bond donors (Lipinski definition) is 1. The van der Waals surface area contributed by atoms with Gasteiger partial charge in [0.05, 0.1) is 19.4 Å². The van der Waals surface area contributed by atoms with Gasteiger partial charge >= 0.3 is 0 Å². The van der Waals surface area contributed by atoms with Crippen LogP contribution in [0, 0.1) is 5.92 Å². The molecule has 0 saturated carbocycles. The van der Waals surface area contributed by atoms with Gasteiger partial charge in [-0.3, -0.25) is 9.89 Å². The monoisotopic (exact) mass is 434 g/mol. The van der Waals surface area contributed by atoms with Gasteiger partial charge < -0.3 is 19.4 Å². The minimum Gasteiger partial charge on any atom is -0.467 e. The molecule has 2 fully saturated rings. The van der Waals surface area contributed by atoms with Gasteiger partial charge in [-0.25, -0.2) is 0 Å². The SMILES string of the molecule is CN=C(NCc1ccco1)N1CCN(CC2CCOC2)CC1.I. The van der Waals surface area contributed by atoms with Crippen LogP contribution < -0.4 is 5.32 Å². The van der Waals surface area contributed by atoms with Crippen molar-refractivity contribution in [1.82, 2.24) is 15.1 Å². The van der Waals surface area contributed by atoms with Crippen molar-refractivity contribution in [1.29, 1.82) is 0 Å². The molecule has 1 aromatic rings. The molecule has 6 nitrogen and oxygen atoms in total. The van der Waals surface area contributed by atoms with Crippen LogP contribution in [0.2, 0.25) is 0 Å². The average Bonchev–Trinajstić information content (AvgIpc) is 3.23. The molecule has 2 aliphatic heterocycles. The zero-order chi connectivity index (χ0) is 15.2. The number of aliphatic imine (C=N–C) groups is 1. The summed E-state index contributed by atoms with van der Waals surface area (Å²) in [7, 11) is 1.84. The minimum atomic E-state index is 0. The Morgan fingerprint density at radius 2 is 2.17 bits per heavy atom. The lowest BCUT2D eigenvalue weighted by atomic mass is 10.1. The minimum absolute atomic E-state index is 0. The number of nitrogens with one attached hydrogen (secondary N) is 1. The molecule has 1 aromatic heterocycles. The fourth-order valence-corrected chi connectivity index (χ4v) is 3.15. The highest BCUT2D eigenvalue weighted by Gasteiger charge is 2.23. The first-order valence-electron chi connectivity index (χ1n) is 8.13. The summed E-state index contributed by atoms with van der Waals surface area (Å²) in [4.78, 5) is 9.27. The second kappa shape index (κ2) is 9.48. The molecule has 2 saturated heterocycles. The summed E-state index contributed by atoms with van der Waals surface area (Å²) < 4.78 is 10.8. The molecule has 3 heterocycles. The van der Waals surface area contributed by atoms with Crippen molar-refractivity contribution in [3.05, 3.63) is 24.2 Å². The van der Waals surface area contributed by atoms with Gasteiger partial charge in [0.1, 0.15) is 5.76 Å². The van der Waals surface area contributed by atoms with E-state index in [1.54, 1.807) is 6.26 Å². The van der Waals surface area contributed by atoms with Gasteiger partial charge in [0.15, 0.2) is 5.96 Å². The Morgan fingerprint density at radius 3 is 2.78 bits per heavy atom. The van der Waals surface area contributed by atoms with Gasteiger partial charge in [-0.15, -0.1) is 24.0 Å². The van der Waals surface area contributed by atoms with Crippen LogP contribution in [0.15, 0.2) is 27.8 Å². The van der Waals surface area contributed by atoms with Crippen molar-refractivity contribution in [3.8, 4) is 0 Å². The number of piperazine rings is 1. The predicted octanol–water partition coefficient (Wildman–Crippen LogP) is 1.63. The largest absolute Gasteiger partial charge is 0.467 e. The molecule has 0 aromatic carbocycles. The van der Waals surface area contributed by atoms with Crippen LogP contribution in [0.4, 0.5) is 0 Å². The van der Waals surface area contributed by atoms with Crippen LogP contribution in [0.1, 0.15) is 12.2 Å². The van der Waals surface area contributed by atoms with Crippen molar-refractivity contribution < 1.29 is 9.15 Å². The van der Waals surface area contributed by atoms with E-state index in [0.717, 1.165) is 57.0 Å². The summed E-state index contributed by atoms with van der Waals surface area (Å²) >= 11 is 0. The Balaban J connectivity index is 0.00000192. The summed E-state index contributed by atoms with van der Waals surface area (Å²) in [6.45, 7) is 7.96. The first-order chi connectivity index (χ1) is 10.8. The molecule has 3 rings (SSSR count). The number of nitrogens with zero attached hydrogens (tertiary/aromatic N) is 3. The molecule has 0 aliphatic carbocycles. The number of rotatable bonds is 4. The van der Waals surface area contributed by atoms with E-state index in [1.807, 2.05) is 19.2 Å². The topological polar surface area (TPSA) is 53.2 Å². The second-order valence-electron chi connectivity index (χ2n) is 6.00. The van der Waals surface area contributed by atoms with Crippen LogP contribution in [0.3, 0.4) is 0 Å². The highest BCUT2D eigenvalue weighted by atomic mass is 127. The molecule has 0 spiro atoms. The lowest BCUT2D eigenvalue weighted by Gasteiger charge is -2.37. The van der Waals surface area contributed by atoms with E-state index >= 15 is 0 Å². The van der Waals surface area contributed by atoms with Crippen molar-refractivity contribution in [3.63, 3.8) is 0 Å². The molecule has 23 heavy (non-hydrogen) atoms. The Labute approximate surface area is 155 Å². The van der Waals surface area contributed by atoms with E-state index in [4.69, 9.17) is 9.15 Å². The lowest BCUT2D eigenvalue weighted by molar-refractivity contribution is 0.139. The summed E-state index contributed by atoms with van der Waals surface area (Å²) in [5.41, 5.74) is 0. The van der Waals surface area contributed by atoms with Gasteiger partial charge in [-0.1, -0.05) is 0 Å². The smallest absolute Gasteiger partial charge is 0.194 e. The number of hydrogen-bond acceptors (Lipinski definition) is 4. The molecular weight excluding hydrogens is 407 g/mol. The van der Waals surface area contributed by atoms with Crippen molar-refractivity contribution in [2.45, 2.75) is 13.0 Å². The van der Waals surface area contributed by atoms with Crippen LogP contribution in [-0.2, 0) is 11.3 Å². The zero-order valence-electron chi connectivity index (χ0n) is 13.7. The third kappa shape index (κ3) is 5.36. The highest BCUT2D eigenvalue weighted by Crippen LogP contribution is 2.15. The van der Waals surface area contributed by atoms with Gasteiger partial charge in [-0.05, 0) is 24.5 Å². The van der Waals surface area contributed by atoms with Crippen molar-refractivity contribution in [2.24, 2.45) is 10.9 Å². The maximum Gasteiger partial charge on any atom is 0.194 e. The van der Waals surface area contributed by atoms with Crippen LogP contribution in [0.25, 0.3) is 0 Å². The van der Waals surface area contributed by atoms with E-state index in [0.29, 0.717) is 6.54 Å². The van der Waals surface area contributed by atoms with Gasteiger partial charge in [0.2, 0.25) is 0 Å². The van der Waals surface area contributed by atoms with Crippen LogP contribution in [0.5, 0.6) is 0 Å². The maximum atomic E-state index is 5.47. The molecule has 1 unspecified atom stereocenters. The fourth-order valence-electron chi connectivity index (χ4n) is 3.15. The quantitative estimate of drug-likeness (QED) is 0.444. The lowest BCUT2D eigenvalue weighted by Crippen LogP contribution is -2.53. The van der Waals surface area contributed by atoms with Gasteiger partial charge in [-0.2, -0.15) is 0 Å². The molecule has 130 valence electrons. The van der Waals surface area contributed by atoms with Crippen molar-refractivity contribution in [2.75, 3.05) is 53.0 Å². The molecule has 0 radical (unpaired) electrons. The summed E-state index contributed by atoms with van der Waals surface area (Å²) in [5, 5.41) is 3.37. The molecule has 2 aliphatic rings. The normalized spacial score (nSPS) is 22.9. The Kier molecular flexibility index (Phi) is 7.64. The van der Waals surface area contributed by atoms with E-state index in [2.05, 4.69) is 20.1 Å². The predicted molar refractivity (Wildman–Crippen MR) is 101 cm³/mol. The Hall–Kier alpha value is -0.800. The summed E-state index contributed by atoms with van der Waals surface area (Å²) in [5.74, 6) is 2.62. The highest BCUT2D eigenvalue weighted by molar-refractivity contribution is 14.0. The van der Waals surface area contributed by atoms with Gasteiger partial charge in [0.25, 0.3) is 0 Å². The third-order valence-electron chi connectivity index (χ3n) is 4.42. The third-order valence-corrected chi connectivity index (χ3v) is 4.42. The van der Waals surface area contributed by atoms with Gasteiger partial charge in [0, 0.05) is 46.4 Å². The molecule has 0 bridgehead atoms. The zero-order valence-corrected chi connectivity index (χ0v) is 16.1. The summed E-state index contributed by atoms with van der Waals surface area (Å²) in [6, 6.07) is 3.88. The average molecular weight is 434 g/mol.